The van der Waals surface area contributed by atoms with E-state index in [1.54, 1.807) is 4.90 Å². The molecule has 3 aliphatic rings. The van der Waals surface area contributed by atoms with E-state index in [4.69, 9.17) is 10.6 Å². The molecule has 19 heteroatoms. The molecule has 0 saturated carbocycles. The van der Waals surface area contributed by atoms with Crippen molar-refractivity contribution in [1.82, 2.24) is 30.5 Å². The summed E-state index contributed by atoms with van der Waals surface area (Å²) < 4.78 is 0. The van der Waals surface area contributed by atoms with E-state index in [1.807, 2.05) is 4.90 Å². The highest BCUT2D eigenvalue weighted by atomic mass is 32.2. The van der Waals surface area contributed by atoms with Crippen molar-refractivity contribution in [2.45, 2.75) is 36.9 Å². The molecule has 2 aromatic rings. The molecule has 1 aromatic heterocycles. The number of nitrogens with two attached hydrogens (primary N) is 1. The molecule has 0 bridgehead atoms. The van der Waals surface area contributed by atoms with E-state index in [2.05, 4.69) is 15.8 Å². The van der Waals surface area contributed by atoms with Crippen molar-refractivity contribution in [3.05, 3.63) is 46.1 Å². The van der Waals surface area contributed by atoms with Crippen LogP contribution in [0.25, 0.3) is 0 Å². The van der Waals surface area contributed by atoms with Crippen LogP contribution in [0.4, 0.5) is 5.13 Å². The lowest BCUT2D eigenvalue weighted by Crippen LogP contribution is -2.71. The van der Waals surface area contributed by atoms with Crippen LogP contribution in [0.15, 0.2) is 34.8 Å². The molecule has 4 heterocycles. The average molecular weight is 692 g/mol. The molecule has 1 aromatic carbocycles. The Labute approximate surface area is 275 Å². The van der Waals surface area contributed by atoms with Crippen LogP contribution in [-0.2, 0) is 24.0 Å². The van der Waals surface area contributed by atoms with E-state index in [0.717, 1.165) is 16.2 Å². The van der Waals surface area contributed by atoms with Crippen molar-refractivity contribution in [3.63, 3.8) is 0 Å². The lowest BCUT2D eigenvalue weighted by molar-refractivity contribution is -0.175. The minimum Gasteiger partial charge on any atom is -0.504 e. The van der Waals surface area contributed by atoms with E-state index in [0.29, 0.717) is 31.8 Å². The minimum absolute atomic E-state index is 0.141. The third-order valence-electron chi connectivity index (χ3n) is 7.89. The first kappa shape index (κ1) is 33.9. The van der Waals surface area contributed by atoms with Crippen molar-refractivity contribution >= 4 is 57.9 Å². The van der Waals surface area contributed by atoms with E-state index in [1.165, 1.54) is 49.2 Å². The molecular formula is C28H33N7O10S2. The molecule has 3 aliphatic heterocycles. The number of aliphatic carboxylic acids is 2. The highest BCUT2D eigenvalue weighted by molar-refractivity contribution is 8.00. The Balaban J connectivity index is 1.23. The van der Waals surface area contributed by atoms with E-state index < -0.39 is 52.6 Å². The van der Waals surface area contributed by atoms with Gasteiger partial charge in [0.25, 0.3) is 11.8 Å². The first-order valence-electron chi connectivity index (χ1n) is 14.3. The number of phenolic OH excluding ortho intramolecular Hbond substituents is 2. The number of nitrogens with one attached hydrogen (secondary N) is 2. The smallest absolute Gasteiger partial charge is 0.352 e. The summed E-state index contributed by atoms with van der Waals surface area (Å²) >= 11 is 2.34. The topological polar surface area (TPSA) is 248 Å². The highest BCUT2D eigenvalue weighted by Gasteiger charge is 2.54. The fraction of sp³-hybridized carbons (Fsp3) is 0.429. The summed E-state index contributed by atoms with van der Waals surface area (Å²) in [6.07, 6.45) is 0. The summed E-state index contributed by atoms with van der Waals surface area (Å²) in [5.74, 6) is -4.72. The maximum atomic E-state index is 13.4. The van der Waals surface area contributed by atoms with Crippen molar-refractivity contribution in [1.29, 1.82) is 0 Å². The molecule has 3 amide bonds. The molecule has 0 aliphatic carbocycles. The van der Waals surface area contributed by atoms with Crippen LogP contribution in [-0.4, -0.2) is 125 Å². The van der Waals surface area contributed by atoms with Gasteiger partial charge in [0.2, 0.25) is 5.91 Å². The van der Waals surface area contributed by atoms with Crippen LogP contribution in [0.2, 0.25) is 0 Å². The fourth-order valence-corrected chi connectivity index (χ4v) is 7.11. The number of benzene rings is 1. The number of hydrogen-bond donors (Lipinski definition) is 7. The molecule has 3 atom stereocenters. The van der Waals surface area contributed by atoms with Crippen LogP contribution >= 0.6 is 23.1 Å². The van der Waals surface area contributed by atoms with Gasteiger partial charge in [-0.25, -0.2) is 14.6 Å². The Bertz CT molecular complexity index is 1640. The predicted molar refractivity (Wildman–Crippen MR) is 167 cm³/mol. The van der Waals surface area contributed by atoms with Crippen LogP contribution in [0.3, 0.4) is 0 Å². The summed E-state index contributed by atoms with van der Waals surface area (Å²) in [6, 6.07) is 1.47. The van der Waals surface area contributed by atoms with E-state index >= 15 is 0 Å². The molecule has 1 unspecified atom stereocenters. The normalized spacial score (nSPS) is 20.8. The van der Waals surface area contributed by atoms with Crippen LogP contribution in [0.5, 0.6) is 11.5 Å². The number of anilines is 1. The number of aromatic hydroxyl groups is 2. The predicted octanol–water partition coefficient (Wildman–Crippen LogP) is -0.241. The molecule has 252 valence electrons. The van der Waals surface area contributed by atoms with Gasteiger partial charge in [-0.2, -0.15) is 5.48 Å². The molecule has 0 spiro atoms. The third kappa shape index (κ3) is 6.98. The Kier molecular flexibility index (Phi) is 9.64. The number of piperazine rings is 1. The minimum atomic E-state index is -1.71. The maximum Gasteiger partial charge on any atom is 0.352 e. The third-order valence-corrected chi connectivity index (χ3v) is 9.92. The van der Waals surface area contributed by atoms with E-state index in [9.17, 15) is 44.4 Å². The number of thioether (sulfide) groups is 1. The van der Waals surface area contributed by atoms with Crippen LogP contribution < -0.4 is 16.5 Å². The largest absolute Gasteiger partial charge is 0.504 e. The Hall–Kier alpha value is -4.43. The maximum absolute atomic E-state index is 13.4. The lowest BCUT2D eigenvalue weighted by Gasteiger charge is -2.50. The second-order valence-corrected chi connectivity index (χ2v) is 13.5. The number of hydroxylamine groups is 1. The number of carboxylic acid groups (broad SMARTS) is 2. The summed E-state index contributed by atoms with van der Waals surface area (Å²) in [5.41, 5.74) is 7.17. The highest BCUT2D eigenvalue weighted by Crippen LogP contribution is 2.41. The first-order chi connectivity index (χ1) is 22.2. The quantitative estimate of drug-likeness (QED) is 0.0913. The van der Waals surface area contributed by atoms with Gasteiger partial charge < -0.3 is 36.4 Å². The molecule has 5 rings (SSSR count). The molecular weight excluding hydrogens is 658 g/mol. The summed E-state index contributed by atoms with van der Waals surface area (Å²) in [6.45, 7) is 4.36. The number of aromatic nitrogens is 1. The number of fused-ring (bicyclic) bond motifs is 1. The number of nitrogen functional groups attached to an aromatic ring is 1. The molecule has 2 saturated heterocycles. The number of hydrogen-bond acceptors (Lipinski definition) is 14. The van der Waals surface area contributed by atoms with Crippen molar-refractivity contribution in [3.8, 4) is 11.5 Å². The lowest BCUT2D eigenvalue weighted by atomic mass is 10.0. The monoisotopic (exact) mass is 691 g/mol. The molecule has 8 N–H and O–H groups in total. The number of thiazole rings is 1. The van der Waals surface area contributed by atoms with Gasteiger partial charge >= 0.3 is 11.9 Å². The van der Waals surface area contributed by atoms with Gasteiger partial charge in [0.1, 0.15) is 17.1 Å². The van der Waals surface area contributed by atoms with Crippen LogP contribution in [0, 0.1) is 0 Å². The van der Waals surface area contributed by atoms with Gasteiger partial charge in [-0.3, -0.25) is 29.0 Å². The van der Waals surface area contributed by atoms with Gasteiger partial charge in [0.15, 0.2) is 28.3 Å². The van der Waals surface area contributed by atoms with E-state index in [-0.39, 0.29) is 46.0 Å². The Morgan fingerprint density at radius 2 is 1.83 bits per heavy atom. The molecule has 2 fully saturated rings. The Morgan fingerprint density at radius 1 is 1.13 bits per heavy atom. The zero-order valence-corrected chi connectivity index (χ0v) is 26.8. The van der Waals surface area contributed by atoms with Gasteiger partial charge in [0, 0.05) is 49.4 Å². The number of carboxylic acids is 2. The van der Waals surface area contributed by atoms with Crippen molar-refractivity contribution < 1.29 is 49.2 Å². The fourth-order valence-electron chi connectivity index (χ4n) is 5.19. The van der Waals surface area contributed by atoms with Gasteiger partial charge in [-0.15, -0.1) is 23.1 Å². The second kappa shape index (κ2) is 13.4. The number of nitrogens with zero attached hydrogens (tertiary/aromatic N) is 4. The van der Waals surface area contributed by atoms with Gasteiger partial charge in [0.05, 0.1) is 5.69 Å². The van der Waals surface area contributed by atoms with Gasteiger partial charge in [-0.1, -0.05) is 0 Å². The Morgan fingerprint density at radius 3 is 2.43 bits per heavy atom. The SMILES string of the molecule is CC(C)(ONC(C(=O)N[C@@H]1C(=O)N2C(C(=O)O)=C(CN3CCN(C(=O)c4ccc(O)c(O)c4)CC3)CS[C@@H]12)c1csc(N)n1)C(=O)O. The second-order valence-electron chi connectivity index (χ2n) is 11.5. The molecule has 47 heavy (non-hydrogen) atoms. The molecule has 17 nitrogen and oxygen atoms in total. The standard InChI is InChI=1S/C28H33N7O10S2/c1-28(2,26(43)44)45-32-18(15-12-47-27(29)30-15)21(38)31-19-23(40)35-20(25(41)42)14(11-46-24(19)35)10-33-5-7-34(8-6-33)22(39)13-3-4-16(36)17(37)9-13/h3-4,9,12,18-19,24,32,36-37H,5-8,10-11H2,1-2H3,(H2,29,30)(H,31,38)(H,41,42)(H,43,44)/t18?,19-,24+/m1/s1. The van der Waals surface area contributed by atoms with Crippen molar-refractivity contribution in [2.75, 3.05) is 44.2 Å². The number of amides is 3. The van der Waals surface area contributed by atoms with Crippen molar-refractivity contribution in [2.24, 2.45) is 0 Å². The zero-order valence-electron chi connectivity index (χ0n) is 25.2. The average Bonchev–Trinajstić information content (AvgIpc) is 3.46. The number of phenols is 2. The number of carbonyl (C=O) groups excluding carboxylic acids is 3. The summed E-state index contributed by atoms with van der Waals surface area (Å²) in [4.78, 5) is 77.5. The summed E-state index contributed by atoms with van der Waals surface area (Å²) in [7, 11) is 0. The number of rotatable bonds is 11. The summed E-state index contributed by atoms with van der Waals surface area (Å²) in [5, 5.41) is 42.3. The zero-order chi connectivity index (χ0) is 34.2. The van der Waals surface area contributed by atoms with Crippen LogP contribution in [0.1, 0.15) is 35.9 Å². The first-order valence-corrected chi connectivity index (χ1v) is 16.2. The number of carbonyl (C=O) groups is 5. The van der Waals surface area contributed by atoms with Gasteiger partial charge in [-0.05, 0) is 37.6 Å². The number of β-lactam (4-membered cyclic amide) rings is 1. The molecule has 0 radical (unpaired) electrons.